The van der Waals surface area contributed by atoms with Gasteiger partial charge in [0.25, 0.3) is 0 Å². The quantitative estimate of drug-likeness (QED) is 0.683. The highest BCUT2D eigenvalue weighted by atomic mass is 35.5. The lowest BCUT2D eigenvalue weighted by atomic mass is 10.2. The number of hydrogen-bond acceptors (Lipinski definition) is 4. The van der Waals surface area contributed by atoms with Gasteiger partial charge in [0.05, 0.1) is 12.5 Å². The zero-order valence-electron chi connectivity index (χ0n) is 8.31. The molecule has 1 aromatic rings. The minimum Gasteiger partial charge on any atom is -0.370 e. The fraction of sp³-hybridized carbons (Fsp3) is 0.222. The van der Waals surface area contributed by atoms with Crippen LogP contribution in [0.1, 0.15) is 6.42 Å². The second-order valence-electron chi connectivity index (χ2n) is 3.13. The Balaban J connectivity index is 2.60. The highest BCUT2D eigenvalue weighted by Gasteiger charge is 2.16. The molecule has 0 aliphatic carbocycles. The molecule has 0 fully saturated rings. The standard InChI is InChI=1S/C9H11ClN4O2/c10-5-1-2-13-8(3-5)14-9(16)6(11)4-7(12)15/h1-3,6H,4,11H2,(H2,12,15)(H,13,14,16). The molecule has 1 heterocycles. The number of halogens is 1. The number of carbonyl (C=O) groups is 2. The van der Waals surface area contributed by atoms with Gasteiger partial charge in [-0.3, -0.25) is 9.59 Å². The second kappa shape index (κ2) is 5.43. The van der Waals surface area contributed by atoms with Gasteiger partial charge in [0.15, 0.2) is 0 Å². The number of nitrogens with one attached hydrogen (secondary N) is 1. The molecule has 0 saturated carbocycles. The maximum absolute atomic E-state index is 11.4. The summed E-state index contributed by atoms with van der Waals surface area (Å²) in [5.41, 5.74) is 10.3. The maximum atomic E-state index is 11.4. The van der Waals surface area contributed by atoms with Crippen LogP contribution >= 0.6 is 11.6 Å². The number of primary amides is 1. The summed E-state index contributed by atoms with van der Waals surface area (Å²) >= 11 is 5.70. The third-order valence-corrected chi connectivity index (χ3v) is 1.97. The number of hydrogen-bond donors (Lipinski definition) is 3. The first kappa shape index (κ1) is 12.4. The van der Waals surface area contributed by atoms with Gasteiger partial charge in [-0.25, -0.2) is 4.98 Å². The summed E-state index contributed by atoms with van der Waals surface area (Å²) in [4.78, 5) is 25.8. The lowest BCUT2D eigenvalue weighted by molar-refractivity contribution is -0.123. The summed E-state index contributed by atoms with van der Waals surface area (Å²) < 4.78 is 0. The van der Waals surface area contributed by atoms with E-state index in [1.54, 1.807) is 6.07 Å². The van der Waals surface area contributed by atoms with E-state index in [1.807, 2.05) is 0 Å². The van der Waals surface area contributed by atoms with Crippen LogP contribution in [0.5, 0.6) is 0 Å². The van der Waals surface area contributed by atoms with E-state index in [9.17, 15) is 9.59 Å². The van der Waals surface area contributed by atoms with Crippen LogP contribution in [0.4, 0.5) is 5.82 Å². The van der Waals surface area contributed by atoms with Gasteiger partial charge < -0.3 is 16.8 Å². The lowest BCUT2D eigenvalue weighted by Crippen LogP contribution is -2.39. The molecule has 0 radical (unpaired) electrons. The smallest absolute Gasteiger partial charge is 0.242 e. The number of pyridine rings is 1. The van der Waals surface area contributed by atoms with Gasteiger partial charge >= 0.3 is 0 Å². The molecule has 0 aliphatic heterocycles. The van der Waals surface area contributed by atoms with E-state index in [4.69, 9.17) is 23.1 Å². The Morgan fingerprint density at radius 3 is 2.81 bits per heavy atom. The van der Waals surface area contributed by atoms with Gasteiger partial charge in [0, 0.05) is 11.2 Å². The number of nitrogens with zero attached hydrogens (tertiary/aromatic N) is 1. The molecular formula is C9H11ClN4O2. The van der Waals surface area contributed by atoms with E-state index >= 15 is 0 Å². The second-order valence-corrected chi connectivity index (χ2v) is 3.56. The molecule has 86 valence electrons. The number of amides is 2. The summed E-state index contributed by atoms with van der Waals surface area (Å²) in [7, 11) is 0. The maximum Gasteiger partial charge on any atom is 0.242 e. The van der Waals surface area contributed by atoms with Crippen LogP contribution in [0, 0.1) is 0 Å². The molecule has 1 atom stereocenters. The molecule has 7 heteroatoms. The Bertz CT molecular complexity index is 410. The predicted octanol–water partition coefficient (Wildman–Crippen LogP) is -0.124. The van der Waals surface area contributed by atoms with E-state index in [0.717, 1.165) is 0 Å². The average Bonchev–Trinajstić information content (AvgIpc) is 2.16. The Morgan fingerprint density at radius 1 is 1.56 bits per heavy atom. The van der Waals surface area contributed by atoms with Crippen LogP contribution in [-0.4, -0.2) is 22.8 Å². The Morgan fingerprint density at radius 2 is 2.25 bits per heavy atom. The molecule has 16 heavy (non-hydrogen) atoms. The van der Waals surface area contributed by atoms with Gasteiger partial charge in [-0.1, -0.05) is 11.6 Å². The van der Waals surface area contributed by atoms with Crippen LogP contribution in [0.3, 0.4) is 0 Å². The van der Waals surface area contributed by atoms with E-state index in [0.29, 0.717) is 5.02 Å². The Labute approximate surface area is 97.0 Å². The molecule has 5 N–H and O–H groups in total. The minimum absolute atomic E-state index is 0.216. The van der Waals surface area contributed by atoms with Crippen LogP contribution in [0.15, 0.2) is 18.3 Å². The molecule has 0 saturated heterocycles. The molecule has 0 bridgehead atoms. The molecule has 1 rings (SSSR count). The van der Waals surface area contributed by atoms with Crippen molar-refractivity contribution in [2.75, 3.05) is 5.32 Å². The highest BCUT2D eigenvalue weighted by molar-refractivity contribution is 6.30. The normalized spacial score (nSPS) is 11.9. The van der Waals surface area contributed by atoms with E-state index < -0.39 is 17.9 Å². The number of carbonyl (C=O) groups excluding carboxylic acids is 2. The summed E-state index contributed by atoms with van der Waals surface area (Å²) in [5, 5.41) is 2.86. The van der Waals surface area contributed by atoms with E-state index in [-0.39, 0.29) is 12.2 Å². The van der Waals surface area contributed by atoms with Crippen LogP contribution < -0.4 is 16.8 Å². The van der Waals surface area contributed by atoms with Crippen molar-refractivity contribution in [3.05, 3.63) is 23.4 Å². The molecule has 1 unspecified atom stereocenters. The SMILES string of the molecule is NC(=O)CC(N)C(=O)Nc1cc(Cl)ccn1. The largest absolute Gasteiger partial charge is 0.370 e. The first-order valence-corrected chi connectivity index (χ1v) is 4.83. The average molecular weight is 243 g/mol. The molecular weight excluding hydrogens is 232 g/mol. The van der Waals surface area contributed by atoms with E-state index in [2.05, 4.69) is 10.3 Å². The monoisotopic (exact) mass is 242 g/mol. The van der Waals surface area contributed by atoms with Crippen LogP contribution in [0.2, 0.25) is 5.02 Å². The van der Waals surface area contributed by atoms with Crippen molar-refractivity contribution in [1.82, 2.24) is 4.98 Å². The first-order chi connectivity index (χ1) is 7.49. The number of anilines is 1. The van der Waals surface area contributed by atoms with Crippen LogP contribution in [0.25, 0.3) is 0 Å². The van der Waals surface area contributed by atoms with Crippen molar-refractivity contribution in [3.63, 3.8) is 0 Å². The first-order valence-electron chi connectivity index (χ1n) is 4.45. The molecule has 0 spiro atoms. The number of aromatic nitrogens is 1. The van der Waals surface area contributed by atoms with Gasteiger partial charge in [-0.05, 0) is 12.1 Å². The molecule has 2 amide bonds. The summed E-state index contributed by atoms with van der Waals surface area (Å²) in [6.45, 7) is 0. The van der Waals surface area contributed by atoms with Crippen molar-refractivity contribution >= 4 is 29.2 Å². The van der Waals surface area contributed by atoms with Gasteiger partial charge in [0.1, 0.15) is 5.82 Å². The highest BCUT2D eigenvalue weighted by Crippen LogP contribution is 2.11. The zero-order valence-corrected chi connectivity index (χ0v) is 9.07. The van der Waals surface area contributed by atoms with Crippen LogP contribution in [-0.2, 0) is 9.59 Å². The van der Waals surface area contributed by atoms with Crippen molar-refractivity contribution < 1.29 is 9.59 Å². The predicted molar refractivity (Wildman–Crippen MR) is 59.7 cm³/mol. The van der Waals surface area contributed by atoms with Gasteiger partial charge in [0.2, 0.25) is 11.8 Å². The summed E-state index contributed by atoms with van der Waals surface area (Å²) in [5.74, 6) is -0.896. The third-order valence-electron chi connectivity index (χ3n) is 1.73. The third kappa shape index (κ3) is 3.84. The van der Waals surface area contributed by atoms with Gasteiger partial charge in [-0.2, -0.15) is 0 Å². The van der Waals surface area contributed by atoms with Crippen molar-refractivity contribution in [2.24, 2.45) is 11.5 Å². The van der Waals surface area contributed by atoms with E-state index in [1.165, 1.54) is 12.3 Å². The summed E-state index contributed by atoms with van der Waals surface area (Å²) in [6, 6.07) is 2.05. The fourth-order valence-corrected chi connectivity index (χ4v) is 1.16. The fourth-order valence-electron chi connectivity index (χ4n) is 1.00. The van der Waals surface area contributed by atoms with Crippen molar-refractivity contribution in [3.8, 4) is 0 Å². The number of rotatable bonds is 4. The lowest BCUT2D eigenvalue weighted by Gasteiger charge is -2.09. The van der Waals surface area contributed by atoms with Gasteiger partial charge in [-0.15, -0.1) is 0 Å². The zero-order chi connectivity index (χ0) is 12.1. The van der Waals surface area contributed by atoms with Crippen molar-refractivity contribution in [1.29, 1.82) is 0 Å². The molecule has 0 aromatic carbocycles. The summed E-state index contributed by atoms with van der Waals surface area (Å²) in [6.07, 6.45) is 1.23. The molecule has 6 nitrogen and oxygen atoms in total. The Hall–Kier alpha value is -1.66. The molecule has 0 aliphatic rings. The topological polar surface area (TPSA) is 111 Å². The Kier molecular flexibility index (Phi) is 4.21. The minimum atomic E-state index is -0.988. The number of nitrogens with two attached hydrogens (primary N) is 2. The molecule has 1 aromatic heterocycles. The van der Waals surface area contributed by atoms with Crippen molar-refractivity contribution in [2.45, 2.75) is 12.5 Å².